The Morgan fingerprint density at radius 3 is 2.92 bits per heavy atom. The van der Waals surface area contributed by atoms with Crippen molar-refractivity contribution in [1.29, 1.82) is 0 Å². The first-order valence-corrected chi connectivity index (χ1v) is 5.30. The van der Waals surface area contributed by atoms with Crippen molar-refractivity contribution in [2.24, 2.45) is 5.92 Å². The highest BCUT2D eigenvalue weighted by Gasteiger charge is 2.23. The molecular weight excluding hydrogens is 186 g/mol. The molecule has 0 amide bonds. The molecule has 1 fully saturated rings. The highest BCUT2D eigenvalue weighted by atomic mass is 35.5. The summed E-state index contributed by atoms with van der Waals surface area (Å²) in [4.78, 5) is 2.22. The average Bonchev–Trinajstić information content (AvgIpc) is 2.11. The molecule has 0 radical (unpaired) electrons. The van der Waals surface area contributed by atoms with Crippen LogP contribution in [0.15, 0.2) is 12.2 Å². The van der Waals surface area contributed by atoms with Crippen LogP contribution in [-0.4, -0.2) is 41.6 Å². The SMILES string of the molecule is C=C(CCl)CN1CCC(C)C(O)C1. The number of aliphatic hydroxyl groups excluding tert-OH is 1. The third-order valence-corrected chi connectivity index (χ3v) is 3.02. The van der Waals surface area contributed by atoms with E-state index in [1.807, 2.05) is 0 Å². The first kappa shape index (κ1) is 11.0. The molecule has 3 heteroatoms. The lowest BCUT2D eigenvalue weighted by Gasteiger charge is -2.34. The van der Waals surface area contributed by atoms with E-state index in [0.717, 1.165) is 31.6 Å². The molecule has 1 aliphatic rings. The van der Waals surface area contributed by atoms with E-state index in [1.165, 1.54) is 0 Å². The van der Waals surface area contributed by atoms with Crippen LogP contribution in [0, 0.1) is 5.92 Å². The van der Waals surface area contributed by atoms with Crippen molar-refractivity contribution in [3.05, 3.63) is 12.2 Å². The standard InChI is InChI=1S/C10H18ClNO/c1-8(5-11)6-12-4-3-9(2)10(13)7-12/h9-10,13H,1,3-7H2,2H3. The zero-order chi connectivity index (χ0) is 9.84. The summed E-state index contributed by atoms with van der Waals surface area (Å²) in [5.41, 5.74) is 1.03. The normalized spacial score (nSPS) is 30.4. The van der Waals surface area contributed by atoms with E-state index in [4.69, 9.17) is 11.6 Å². The third kappa shape index (κ3) is 3.29. The van der Waals surface area contributed by atoms with Crippen LogP contribution in [0.1, 0.15) is 13.3 Å². The Kier molecular flexibility index (Phi) is 4.23. The minimum absolute atomic E-state index is 0.183. The molecule has 1 rings (SSSR count). The highest BCUT2D eigenvalue weighted by Crippen LogP contribution is 2.17. The Morgan fingerprint density at radius 2 is 2.38 bits per heavy atom. The number of aliphatic hydroxyl groups is 1. The van der Waals surface area contributed by atoms with Gasteiger partial charge in [-0.3, -0.25) is 4.90 Å². The maximum absolute atomic E-state index is 9.63. The van der Waals surface area contributed by atoms with Gasteiger partial charge in [0.1, 0.15) is 0 Å². The van der Waals surface area contributed by atoms with Gasteiger partial charge in [0.2, 0.25) is 0 Å². The van der Waals surface area contributed by atoms with Gasteiger partial charge in [-0.15, -0.1) is 11.6 Å². The summed E-state index contributed by atoms with van der Waals surface area (Å²) in [5.74, 6) is 0.947. The topological polar surface area (TPSA) is 23.5 Å². The number of halogens is 1. The monoisotopic (exact) mass is 203 g/mol. The van der Waals surface area contributed by atoms with Gasteiger partial charge >= 0.3 is 0 Å². The van der Waals surface area contributed by atoms with Crippen LogP contribution in [0.3, 0.4) is 0 Å². The van der Waals surface area contributed by atoms with E-state index in [0.29, 0.717) is 11.8 Å². The Labute approximate surface area is 85.2 Å². The Hall–Kier alpha value is -0.0500. The second kappa shape index (κ2) is 4.99. The molecule has 0 aliphatic carbocycles. The molecule has 0 aromatic rings. The zero-order valence-electron chi connectivity index (χ0n) is 8.17. The number of hydrogen-bond donors (Lipinski definition) is 1. The maximum atomic E-state index is 9.63. The van der Waals surface area contributed by atoms with Gasteiger partial charge in [0, 0.05) is 19.0 Å². The van der Waals surface area contributed by atoms with Crippen molar-refractivity contribution in [1.82, 2.24) is 4.90 Å². The molecule has 1 aliphatic heterocycles. The van der Waals surface area contributed by atoms with Crippen molar-refractivity contribution in [2.75, 3.05) is 25.5 Å². The number of rotatable bonds is 3. The molecule has 0 aromatic carbocycles. The number of piperidine rings is 1. The molecule has 76 valence electrons. The van der Waals surface area contributed by atoms with Crippen LogP contribution in [-0.2, 0) is 0 Å². The number of likely N-dealkylation sites (tertiary alicyclic amines) is 1. The van der Waals surface area contributed by atoms with Crippen LogP contribution >= 0.6 is 11.6 Å². The predicted octanol–water partition coefficient (Wildman–Crippen LogP) is 1.48. The minimum atomic E-state index is -0.183. The average molecular weight is 204 g/mol. The van der Waals surface area contributed by atoms with Crippen molar-refractivity contribution < 1.29 is 5.11 Å². The number of nitrogens with zero attached hydrogens (tertiary/aromatic N) is 1. The highest BCUT2D eigenvalue weighted by molar-refractivity contribution is 6.19. The summed E-state index contributed by atoms with van der Waals surface area (Å²) in [6, 6.07) is 0. The van der Waals surface area contributed by atoms with Gasteiger partial charge in [0.15, 0.2) is 0 Å². The first-order chi connectivity index (χ1) is 6.13. The van der Waals surface area contributed by atoms with E-state index in [9.17, 15) is 5.11 Å². The molecule has 2 nitrogen and oxygen atoms in total. The predicted molar refractivity (Wildman–Crippen MR) is 56.1 cm³/mol. The molecule has 2 atom stereocenters. The van der Waals surface area contributed by atoms with Crippen molar-refractivity contribution in [2.45, 2.75) is 19.4 Å². The fourth-order valence-electron chi connectivity index (χ4n) is 1.62. The largest absolute Gasteiger partial charge is 0.392 e. The van der Waals surface area contributed by atoms with Crippen molar-refractivity contribution in [3.63, 3.8) is 0 Å². The van der Waals surface area contributed by atoms with Crippen LogP contribution < -0.4 is 0 Å². The molecular formula is C10H18ClNO. The van der Waals surface area contributed by atoms with Gasteiger partial charge < -0.3 is 5.11 Å². The molecule has 2 unspecified atom stereocenters. The Balaban J connectivity index is 2.33. The molecule has 0 spiro atoms. The van der Waals surface area contributed by atoms with Crippen LogP contribution in [0.2, 0.25) is 0 Å². The van der Waals surface area contributed by atoms with Gasteiger partial charge in [-0.2, -0.15) is 0 Å². The summed E-state index contributed by atoms with van der Waals surface area (Å²) < 4.78 is 0. The van der Waals surface area contributed by atoms with E-state index in [2.05, 4.69) is 18.4 Å². The van der Waals surface area contributed by atoms with E-state index < -0.39 is 0 Å². The first-order valence-electron chi connectivity index (χ1n) is 4.76. The van der Waals surface area contributed by atoms with Crippen LogP contribution in [0.25, 0.3) is 0 Å². The van der Waals surface area contributed by atoms with Gasteiger partial charge in [-0.1, -0.05) is 13.5 Å². The van der Waals surface area contributed by atoms with Crippen molar-refractivity contribution in [3.8, 4) is 0 Å². The van der Waals surface area contributed by atoms with Gasteiger partial charge in [0.05, 0.1) is 6.10 Å². The van der Waals surface area contributed by atoms with Crippen molar-refractivity contribution >= 4 is 11.6 Å². The Morgan fingerprint density at radius 1 is 1.69 bits per heavy atom. The van der Waals surface area contributed by atoms with Crippen LogP contribution in [0.5, 0.6) is 0 Å². The smallest absolute Gasteiger partial charge is 0.0693 e. The quantitative estimate of drug-likeness (QED) is 0.555. The third-order valence-electron chi connectivity index (χ3n) is 2.64. The maximum Gasteiger partial charge on any atom is 0.0693 e. The van der Waals surface area contributed by atoms with Gasteiger partial charge in [0.25, 0.3) is 0 Å². The molecule has 13 heavy (non-hydrogen) atoms. The number of hydrogen-bond acceptors (Lipinski definition) is 2. The summed E-state index contributed by atoms with van der Waals surface area (Å²) in [6.45, 7) is 8.59. The summed E-state index contributed by atoms with van der Waals surface area (Å²) in [5, 5.41) is 9.63. The van der Waals surface area contributed by atoms with E-state index in [-0.39, 0.29) is 6.10 Å². The molecule has 0 aromatic heterocycles. The Bertz CT molecular complexity index is 184. The number of β-amino-alcohol motifs (C(OH)–C–C–N with tert-alkyl or cyclic N) is 1. The lowest BCUT2D eigenvalue weighted by Crippen LogP contribution is -2.43. The fourth-order valence-corrected chi connectivity index (χ4v) is 1.70. The molecule has 0 saturated carbocycles. The fraction of sp³-hybridized carbons (Fsp3) is 0.800. The van der Waals surface area contributed by atoms with Gasteiger partial charge in [-0.05, 0) is 24.5 Å². The van der Waals surface area contributed by atoms with E-state index in [1.54, 1.807) is 0 Å². The second-order valence-electron chi connectivity index (χ2n) is 3.95. The summed E-state index contributed by atoms with van der Waals surface area (Å²) in [7, 11) is 0. The number of alkyl halides is 1. The molecule has 1 N–H and O–H groups in total. The van der Waals surface area contributed by atoms with Crippen LogP contribution in [0.4, 0.5) is 0 Å². The zero-order valence-corrected chi connectivity index (χ0v) is 8.93. The molecule has 1 saturated heterocycles. The second-order valence-corrected chi connectivity index (χ2v) is 4.22. The molecule has 0 bridgehead atoms. The molecule has 1 heterocycles. The summed E-state index contributed by atoms with van der Waals surface area (Å²) >= 11 is 5.65. The van der Waals surface area contributed by atoms with Gasteiger partial charge in [-0.25, -0.2) is 0 Å². The summed E-state index contributed by atoms with van der Waals surface area (Å²) in [6.07, 6.45) is 0.883. The lowest BCUT2D eigenvalue weighted by atomic mass is 9.96. The minimum Gasteiger partial charge on any atom is -0.392 e. The lowest BCUT2D eigenvalue weighted by molar-refractivity contribution is 0.0333. The van der Waals surface area contributed by atoms with E-state index >= 15 is 0 Å².